The van der Waals surface area contributed by atoms with Crippen LogP contribution in [-0.4, -0.2) is 23.1 Å². The lowest BCUT2D eigenvalue weighted by Gasteiger charge is -2.38. The third-order valence-corrected chi connectivity index (χ3v) is 3.40. The fraction of sp³-hybridized carbons (Fsp3) is 0.571. The fourth-order valence-corrected chi connectivity index (χ4v) is 2.59. The molecule has 0 aromatic heterocycles. The number of halogens is 1. The molecule has 1 aromatic carbocycles. The maximum atomic E-state index is 13.2. The van der Waals surface area contributed by atoms with Crippen molar-refractivity contribution in [2.75, 3.05) is 13.1 Å². The molecule has 0 atom stereocenters. The number of piperidine rings is 1. The molecule has 1 heterocycles. The molecule has 94 valence electrons. The molecule has 17 heavy (non-hydrogen) atoms. The van der Waals surface area contributed by atoms with Crippen LogP contribution in [0.5, 0.6) is 5.75 Å². The maximum absolute atomic E-state index is 13.2. The van der Waals surface area contributed by atoms with Crippen molar-refractivity contribution in [2.24, 2.45) is 5.41 Å². The summed E-state index contributed by atoms with van der Waals surface area (Å²) in [4.78, 5) is 2.36. The zero-order valence-electron chi connectivity index (χ0n) is 10.5. The Kier molecular flexibility index (Phi) is 3.38. The third-order valence-electron chi connectivity index (χ3n) is 3.40. The summed E-state index contributed by atoms with van der Waals surface area (Å²) in [5, 5.41) is 9.14. The van der Waals surface area contributed by atoms with E-state index in [1.165, 1.54) is 25.0 Å². The van der Waals surface area contributed by atoms with Crippen molar-refractivity contribution >= 4 is 0 Å². The first-order valence-electron chi connectivity index (χ1n) is 6.16. The van der Waals surface area contributed by atoms with Crippen molar-refractivity contribution in [1.82, 2.24) is 4.90 Å². The molecule has 2 rings (SSSR count). The summed E-state index contributed by atoms with van der Waals surface area (Å²) in [6.07, 6.45) is 2.46. The highest BCUT2D eigenvalue weighted by molar-refractivity contribution is 5.27. The summed E-state index contributed by atoms with van der Waals surface area (Å²) < 4.78 is 13.2. The van der Waals surface area contributed by atoms with Gasteiger partial charge >= 0.3 is 0 Å². The van der Waals surface area contributed by atoms with Gasteiger partial charge in [-0.3, -0.25) is 4.90 Å². The molecule has 0 spiro atoms. The molecule has 0 aliphatic carbocycles. The molecule has 1 saturated heterocycles. The summed E-state index contributed by atoms with van der Waals surface area (Å²) in [6.45, 7) is 7.44. The van der Waals surface area contributed by atoms with Gasteiger partial charge in [0.25, 0.3) is 0 Å². The minimum Gasteiger partial charge on any atom is -0.505 e. The molecule has 2 nitrogen and oxygen atoms in total. The molecule has 1 N–H and O–H groups in total. The summed E-state index contributed by atoms with van der Waals surface area (Å²) in [7, 11) is 0. The highest BCUT2D eigenvalue weighted by atomic mass is 19.1. The number of benzene rings is 1. The number of likely N-dealkylation sites (tertiary alicyclic amines) is 1. The Balaban J connectivity index is 2.03. The lowest BCUT2D eigenvalue weighted by Crippen LogP contribution is -2.39. The van der Waals surface area contributed by atoms with Crippen LogP contribution < -0.4 is 0 Å². The van der Waals surface area contributed by atoms with Crippen molar-refractivity contribution < 1.29 is 9.50 Å². The predicted molar refractivity (Wildman–Crippen MR) is 66.4 cm³/mol. The van der Waals surface area contributed by atoms with E-state index < -0.39 is 5.82 Å². The van der Waals surface area contributed by atoms with Gasteiger partial charge in [-0.1, -0.05) is 19.9 Å². The zero-order chi connectivity index (χ0) is 12.5. The Labute approximate surface area is 102 Å². The van der Waals surface area contributed by atoms with E-state index in [1.54, 1.807) is 6.07 Å². The van der Waals surface area contributed by atoms with E-state index in [0.717, 1.165) is 25.2 Å². The van der Waals surface area contributed by atoms with E-state index in [4.69, 9.17) is 5.11 Å². The first-order chi connectivity index (χ1) is 7.96. The average Bonchev–Trinajstić information content (AvgIpc) is 2.22. The van der Waals surface area contributed by atoms with Gasteiger partial charge in [-0.15, -0.1) is 0 Å². The number of phenolic OH excluding ortho intramolecular Hbond substituents is 1. The Bertz CT molecular complexity index is 403. The summed E-state index contributed by atoms with van der Waals surface area (Å²) in [5.74, 6) is -0.800. The van der Waals surface area contributed by atoms with Crippen molar-refractivity contribution in [1.29, 1.82) is 0 Å². The molecule has 1 aliphatic heterocycles. The van der Waals surface area contributed by atoms with Crippen LogP contribution in [0, 0.1) is 11.2 Å². The average molecular weight is 237 g/mol. The molecular formula is C14H20FNO. The van der Waals surface area contributed by atoms with Crippen LogP contribution in [0.1, 0.15) is 32.3 Å². The lowest BCUT2D eigenvalue weighted by molar-refractivity contribution is 0.111. The second-order valence-electron chi connectivity index (χ2n) is 5.76. The van der Waals surface area contributed by atoms with Crippen molar-refractivity contribution in [2.45, 2.75) is 33.2 Å². The van der Waals surface area contributed by atoms with Crippen molar-refractivity contribution in [3.05, 3.63) is 29.6 Å². The van der Waals surface area contributed by atoms with Gasteiger partial charge in [0.1, 0.15) is 0 Å². The highest BCUT2D eigenvalue weighted by Crippen LogP contribution is 2.29. The molecule has 0 unspecified atom stereocenters. The molecule has 1 fully saturated rings. The Hall–Kier alpha value is -1.09. The lowest BCUT2D eigenvalue weighted by atomic mass is 9.84. The molecule has 3 heteroatoms. The summed E-state index contributed by atoms with van der Waals surface area (Å²) >= 11 is 0. The van der Waals surface area contributed by atoms with E-state index in [0.29, 0.717) is 5.41 Å². The largest absolute Gasteiger partial charge is 0.505 e. The highest BCUT2D eigenvalue weighted by Gasteiger charge is 2.26. The molecule has 0 bridgehead atoms. The number of hydrogen-bond acceptors (Lipinski definition) is 2. The maximum Gasteiger partial charge on any atom is 0.165 e. The molecule has 0 radical (unpaired) electrons. The molecule has 0 amide bonds. The van der Waals surface area contributed by atoms with Crippen molar-refractivity contribution in [3.63, 3.8) is 0 Å². The second-order valence-corrected chi connectivity index (χ2v) is 5.76. The fourth-order valence-electron chi connectivity index (χ4n) is 2.59. The minimum absolute atomic E-state index is 0.271. The van der Waals surface area contributed by atoms with Gasteiger partial charge in [0, 0.05) is 13.1 Å². The third kappa shape index (κ3) is 3.19. The van der Waals surface area contributed by atoms with E-state index in [9.17, 15) is 4.39 Å². The number of nitrogens with zero attached hydrogens (tertiary/aromatic N) is 1. The predicted octanol–water partition coefficient (Wildman–Crippen LogP) is 3.15. The van der Waals surface area contributed by atoms with Gasteiger partial charge in [0.15, 0.2) is 11.6 Å². The molecule has 1 aliphatic rings. The van der Waals surface area contributed by atoms with Crippen LogP contribution in [0.4, 0.5) is 4.39 Å². The van der Waals surface area contributed by atoms with Crippen LogP contribution in [0.3, 0.4) is 0 Å². The van der Waals surface area contributed by atoms with Crippen molar-refractivity contribution in [3.8, 4) is 5.75 Å². The van der Waals surface area contributed by atoms with Gasteiger partial charge in [0.2, 0.25) is 0 Å². The van der Waals surface area contributed by atoms with Crippen LogP contribution in [-0.2, 0) is 6.54 Å². The number of hydrogen-bond donors (Lipinski definition) is 1. The summed E-state index contributed by atoms with van der Waals surface area (Å²) in [6, 6.07) is 4.65. The van der Waals surface area contributed by atoms with Gasteiger partial charge < -0.3 is 5.11 Å². The number of phenols is 1. The Morgan fingerprint density at radius 3 is 2.82 bits per heavy atom. The van der Waals surface area contributed by atoms with Gasteiger partial charge in [-0.05, 0) is 42.5 Å². The normalized spacial score (nSPS) is 20.4. The first kappa shape index (κ1) is 12.4. The second kappa shape index (κ2) is 4.65. The molecule has 1 aromatic rings. The Morgan fingerprint density at radius 2 is 2.18 bits per heavy atom. The summed E-state index contributed by atoms with van der Waals surface area (Å²) in [5.41, 5.74) is 1.28. The van der Waals surface area contributed by atoms with Gasteiger partial charge in [-0.25, -0.2) is 4.39 Å². The SMILES string of the molecule is CC1(C)CCCN(Cc2ccc(O)c(F)c2)C1. The van der Waals surface area contributed by atoms with Crippen LogP contribution in [0.2, 0.25) is 0 Å². The standard InChI is InChI=1S/C14H20FNO/c1-14(2)6-3-7-16(10-14)9-11-4-5-13(17)12(15)8-11/h4-5,8,17H,3,6-7,9-10H2,1-2H3. The van der Waals surface area contributed by atoms with Gasteiger partial charge in [0.05, 0.1) is 0 Å². The number of rotatable bonds is 2. The van der Waals surface area contributed by atoms with Crippen LogP contribution >= 0.6 is 0 Å². The van der Waals surface area contributed by atoms with Crippen LogP contribution in [0.25, 0.3) is 0 Å². The quantitative estimate of drug-likeness (QED) is 0.854. The van der Waals surface area contributed by atoms with Gasteiger partial charge in [-0.2, -0.15) is 0 Å². The van der Waals surface area contributed by atoms with E-state index in [1.807, 2.05) is 0 Å². The van der Waals surface area contributed by atoms with E-state index in [2.05, 4.69) is 18.7 Å². The first-order valence-corrected chi connectivity index (χ1v) is 6.16. The monoisotopic (exact) mass is 237 g/mol. The smallest absolute Gasteiger partial charge is 0.165 e. The minimum atomic E-state index is -0.529. The molecule has 0 saturated carbocycles. The Morgan fingerprint density at radius 1 is 1.41 bits per heavy atom. The molecular weight excluding hydrogens is 217 g/mol. The van der Waals surface area contributed by atoms with E-state index in [-0.39, 0.29) is 5.75 Å². The van der Waals surface area contributed by atoms with Crippen LogP contribution in [0.15, 0.2) is 18.2 Å². The number of aromatic hydroxyl groups is 1. The topological polar surface area (TPSA) is 23.5 Å². The zero-order valence-corrected chi connectivity index (χ0v) is 10.5. The van der Waals surface area contributed by atoms with E-state index >= 15 is 0 Å².